The fraction of sp³-hybridized carbons (Fsp3) is 0.667. The number of likely N-dealkylation sites (N-methyl/N-ethyl adjacent to an activating group) is 1. The van der Waals surface area contributed by atoms with Gasteiger partial charge in [0.15, 0.2) is 0 Å². The Hall–Kier alpha value is -1.36. The Morgan fingerprint density at radius 3 is 2.82 bits per heavy atom. The lowest BCUT2D eigenvalue weighted by molar-refractivity contribution is 0.233. The molecule has 1 fully saturated rings. The summed E-state index contributed by atoms with van der Waals surface area (Å²) in [4.78, 5) is 13.5. The molecule has 1 aromatic heterocycles. The lowest BCUT2D eigenvalue weighted by Crippen LogP contribution is -2.50. The monoisotopic (exact) mass is 235 g/mol. The van der Waals surface area contributed by atoms with E-state index < -0.39 is 0 Å². The molecule has 94 valence electrons. The van der Waals surface area contributed by atoms with E-state index in [2.05, 4.69) is 46.0 Å². The van der Waals surface area contributed by atoms with E-state index in [1.807, 2.05) is 13.2 Å². The van der Waals surface area contributed by atoms with Crippen molar-refractivity contribution in [3.8, 4) is 0 Å². The molecule has 2 rings (SSSR count). The second-order valence-corrected chi connectivity index (χ2v) is 4.73. The first-order valence-electron chi connectivity index (χ1n) is 6.08. The molecular formula is C12H21N5. The van der Waals surface area contributed by atoms with Crippen LogP contribution in [-0.2, 0) is 0 Å². The largest absolute Gasteiger partial charge is 0.357 e. The Balaban J connectivity index is 2.21. The normalized spacial score (nSPS) is 21.6. The SMILES string of the molecule is CNc1ncc(C)c(N2CCN(C)C(C)C2)n1. The van der Waals surface area contributed by atoms with Gasteiger partial charge in [-0.2, -0.15) is 4.98 Å². The number of nitrogens with zero attached hydrogens (tertiary/aromatic N) is 4. The van der Waals surface area contributed by atoms with Crippen molar-refractivity contribution in [3.05, 3.63) is 11.8 Å². The highest BCUT2D eigenvalue weighted by Gasteiger charge is 2.22. The van der Waals surface area contributed by atoms with E-state index in [0.717, 1.165) is 31.0 Å². The molecule has 1 unspecified atom stereocenters. The zero-order valence-corrected chi connectivity index (χ0v) is 11.1. The number of hydrogen-bond donors (Lipinski definition) is 1. The van der Waals surface area contributed by atoms with E-state index in [4.69, 9.17) is 0 Å². The molecule has 1 saturated heterocycles. The number of aromatic nitrogens is 2. The Bertz CT molecular complexity index is 392. The Labute approximate surface area is 103 Å². The lowest BCUT2D eigenvalue weighted by Gasteiger charge is -2.38. The first kappa shape index (κ1) is 12.1. The quantitative estimate of drug-likeness (QED) is 0.827. The summed E-state index contributed by atoms with van der Waals surface area (Å²) < 4.78 is 0. The Morgan fingerprint density at radius 1 is 1.41 bits per heavy atom. The molecule has 5 nitrogen and oxygen atoms in total. The van der Waals surface area contributed by atoms with Crippen LogP contribution in [0.25, 0.3) is 0 Å². The van der Waals surface area contributed by atoms with Crippen LogP contribution in [0.5, 0.6) is 0 Å². The third-order valence-electron chi connectivity index (χ3n) is 3.43. The van der Waals surface area contributed by atoms with Crippen molar-refractivity contribution in [1.82, 2.24) is 14.9 Å². The first-order chi connectivity index (χ1) is 8.11. The number of piperazine rings is 1. The van der Waals surface area contributed by atoms with E-state index in [9.17, 15) is 0 Å². The van der Waals surface area contributed by atoms with Gasteiger partial charge in [0.05, 0.1) is 0 Å². The molecule has 1 atom stereocenters. The molecule has 0 spiro atoms. The molecular weight excluding hydrogens is 214 g/mol. The van der Waals surface area contributed by atoms with Crippen LogP contribution in [0.3, 0.4) is 0 Å². The van der Waals surface area contributed by atoms with Gasteiger partial charge >= 0.3 is 0 Å². The smallest absolute Gasteiger partial charge is 0.224 e. The molecule has 0 amide bonds. The van der Waals surface area contributed by atoms with Gasteiger partial charge in [0.2, 0.25) is 5.95 Å². The molecule has 5 heteroatoms. The van der Waals surface area contributed by atoms with Crippen molar-refractivity contribution in [2.75, 3.05) is 43.9 Å². The number of nitrogens with one attached hydrogen (secondary N) is 1. The molecule has 0 bridgehead atoms. The summed E-state index contributed by atoms with van der Waals surface area (Å²) in [5.41, 5.74) is 1.14. The summed E-state index contributed by atoms with van der Waals surface area (Å²) in [6.45, 7) is 7.46. The maximum absolute atomic E-state index is 4.56. The van der Waals surface area contributed by atoms with Gasteiger partial charge in [0, 0.05) is 44.5 Å². The van der Waals surface area contributed by atoms with E-state index >= 15 is 0 Å². The molecule has 1 aliphatic rings. The molecule has 0 aromatic carbocycles. The van der Waals surface area contributed by atoms with Gasteiger partial charge in [-0.3, -0.25) is 0 Å². The second kappa shape index (κ2) is 4.87. The second-order valence-electron chi connectivity index (χ2n) is 4.73. The van der Waals surface area contributed by atoms with Crippen molar-refractivity contribution in [2.24, 2.45) is 0 Å². The van der Waals surface area contributed by atoms with Crippen LogP contribution in [0.15, 0.2) is 6.20 Å². The molecule has 1 aromatic rings. The maximum Gasteiger partial charge on any atom is 0.224 e. The predicted molar refractivity (Wildman–Crippen MR) is 70.6 cm³/mol. The summed E-state index contributed by atoms with van der Waals surface area (Å²) >= 11 is 0. The van der Waals surface area contributed by atoms with Gasteiger partial charge in [0.25, 0.3) is 0 Å². The minimum Gasteiger partial charge on any atom is -0.357 e. The number of rotatable bonds is 2. The van der Waals surface area contributed by atoms with Crippen molar-refractivity contribution in [2.45, 2.75) is 19.9 Å². The van der Waals surface area contributed by atoms with Crippen LogP contribution in [0.1, 0.15) is 12.5 Å². The molecule has 0 aliphatic carbocycles. The third-order valence-corrected chi connectivity index (χ3v) is 3.43. The number of anilines is 2. The molecule has 0 saturated carbocycles. The van der Waals surface area contributed by atoms with Gasteiger partial charge in [-0.1, -0.05) is 0 Å². The number of hydrogen-bond acceptors (Lipinski definition) is 5. The van der Waals surface area contributed by atoms with Crippen molar-refractivity contribution in [1.29, 1.82) is 0 Å². The first-order valence-corrected chi connectivity index (χ1v) is 6.08. The average molecular weight is 235 g/mol. The Kier molecular flexibility index (Phi) is 3.47. The topological polar surface area (TPSA) is 44.3 Å². The van der Waals surface area contributed by atoms with Crippen LogP contribution in [0.2, 0.25) is 0 Å². The molecule has 2 heterocycles. The van der Waals surface area contributed by atoms with Crippen LogP contribution >= 0.6 is 0 Å². The van der Waals surface area contributed by atoms with Gasteiger partial charge < -0.3 is 15.1 Å². The summed E-state index contributed by atoms with van der Waals surface area (Å²) in [6, 6.07) is 0.566. The minimum absolute atomic E-state index is 0.566. The zero-order chi connectivity index (χ0) is 12.4. The minimum atomic E-state index is 0.566. The summed E-state index contributed by atoms with van der Waals surface area (Å²) in [7, 11) is 4.02. The fourth-order valence-electron chi connectivity index (χ4n) is 2.11. The van der Waals surface area contributed by atoms with E-state index in [1.165, 1.54) is 0 Å². The average Bonchev–Trinajstić information content (AvgIpc) is 2.33. The maximum atomic E-state index is 4.56. The predicted octanol–water partition coefficient (Wildman–Crippen LogP) is 0.967. The summed E-state index contributed by atoms with van der Waals surface area (Å²) in [5, 5.41) is 2.99. The van der Waals surface area contributed by atoms with E-state index in [0.29, 0.717) is 12.0 Å². The highest BCUT2D eigenvalue weighted by atomic mass is 15.3. The summed E-state index contributed by atoms with van der Waals surface area (Å²) in [5.74, 6) is 1.75. The summed E-state index contributed by atoms with van der Waals surface area (Å²) in [6.07, 6.45) is 1.89. The van der Waals surface area contributed by atoms with Crippen molar-refractivity contribution >= 4 is 11.8 Å². The van der Waals surface area contributed by atoms with Gasteiger partial charge in [-0.05, 0) is 20.9 Å². The molecule has 0 radical (unpaired) electrons. The van der Waals surface area contributed by atoms with Crippen LogP contribution in [0, 0.1) is 6.92 Å². The van der Waals surface area contributed by atoms with Crippen molar-refractivity contribution < 1.29 is 0 Å². The zero-order valence-electron chi connectivity index (χ0n) is 11.1. The fourth-order valence-corrected chi connectivity index (χ4v) is 2.11. The highest BCUT2D eigenvalue weighted by Crippen LogP contribution is 2.20. The van der Waals surface area contributed by atoms with E-state index in [-0.39, 0.29) is 0 Å². The third kappa shape index (κ3) is 2.49. The standard InChI is InChI=1S/C12H21N5/c1-9-7-14-12(13-3)15-11(9)17-6-5-16(4)10(2)8-17/h7,10H,5-6,8H2,1-4H3,(H,13,14,15). The lowest BCUT2D eigenvalue weighted by atomic mass is 10.2. The van der Waals surface area contributed by atoms with Crippen molar-refractivity contribution in [3.63, 3.8) is 0 Å². The molecule has 17 heavy (non-hydrogen) atoms. The Morgan fingerprint density at radius 2 is 2.18 bits per heavy atom. The van der Waals surface area contributed by atoms with Gasteiger partial charge in [-0.25, -0.2) is 4.98 Å². The number of aryl methyl sites for hydroxylation is 1. The molecule has 1 aliphatic heterocycles. The highest BCUT2D eigenvalue weighted by molar-refractivity contribution is 5.49. The van der Waals surface area contributed by atoms with Crippen LogP contribution < -0.4 is 10.2 Å². The van der Waals surface area contributed by atoms with Crippen LogP contribution in [-0.4, -0.2) is 54.6 Å². The van der Waals surface area contributed by atoms with Gasteiger partial charge in [0.1, 0.15) is 5.82 Å². The van der Waals surface area contributed by atoms with Crippen LogP contribution in [0.4, 0.5) is 11.8 Å². The van der Waals surface area contributed by atoms with E-state index in [1.54, 1.807) is 0 Å². The molecule has 1 N–H and O–H groups in total. The van der Waals surface area contributed by atoms with Gasteiger partial charge in [-0.15, -0.1) is 0 Å².